The van der Waals surface area contributed by atoms with Crippen LogP contribution in [-0.2, 0) is 4.74 Å². The van der Waals surface area contributed by atoms with E-state index in [1.807, 2.05) is 0 Å². The van der Waals surface area contributed by atoms with E-state index in [-0.39, 0.29) is 5.60 Å². The summed E-state index contributed by atoms with van der Waals surface area (Å²) >= 11 is 0. The van der Waals surface area contributed by atoms with E-state index in [1.54, 1.807) is 5.57 Å². The van der Waals surface area contributed by atoms with Crippen LogP contribution in [0.4, 0.5) is 0 Å². The van der Waals surface area contributed by atoms with Gasteiger partial charge in [-0.05, 0) is 56.7 Å². The molecule has 0 N–H and O–H groups in total. The number of fused-ring (bicyclic) bond motifs is 1. The van der Waals surface area contributed by atoms with Crippen LogP contribution in [-0.4, -0.2) is 12.2 Å². The van der Waals surface area contributed by atoms with Crippen LogP contribution in [0.2, 0.25) is 0 Å². The molecule has 0 aliphatic heterocycles. The van der Waals surface area contributed by atoms with Crippen molar-refractivity contribution >= 4 is 5.57 Å². The first-order valence-corrected chi connectivity index (χ1v) is 8.41. The van der Waals surface area contributed by atoms with Crippen LogP contribution in [0.1, 0.15) is 76.8 Å². The second-order valence-corrected chi connectivity index (χ2v) is 7.19. The van der Waals surface area contributed by atoms with Gasteiger partial charge in [-0.3, -0.25) is 0 Å². The number of unbranched alkanes of at least 4 members (excludes halogenated alkanes) is 3. The summed E-state index contributed by atoms with van der Waals surface area (Å²) in [6.45, 7) is 9.57. The Bertz CT molecular complexity index is 479. The largest absolute Gasteiger partial charge is 0.376 e. The molecule has 1 atom stereocenters. The maximum absolute atomic E-state index is 5.76. The van der Waals surface area contributed by atoms with Crippen LogP contribution >= 0.6 is 0 Å². The molecule has 1 aliphatic rings. The highest BCUT2D eigenvalue weighted by atomic mass is 16.5. The first-order valence-electron chi connectivity index (χ1n) is 8.41. The minimum absolute atomic E-state index is 0.00844. The van der Waals surface area contributed by atoms with E-state index in [1.165, 1.54) is 43.2 Å². The lowest BCUT2D eigenvalue weighted by Gasteiger charge is -2.19. The third kappa shape index (κ3) is 5.00. The van der Waals surface area contributed by atoms with E-state index >= 15 is 0 Å². The van der Waals surface area contributed by atoms with Crippen molar-refractivity contribution in [2.24, 2.45) is 0 Å². The predicted octanol–water partition coefficient (Wildman–Crippen LogP) is 5.95. The zero-order valence-electron chi connectivity index (χ0n) is 14.1. The Morgan fingerprint density at radius 2 is 1.71 bits per heavy atom. The zero-order valence-corrected chi connectivity index (χ0v) is 14.1. The lowest BCUT2D eigenvalue weighted by atomic mass is 9.99. The highest BCUT2D eigenvalue weighted by Gasteiger charge is 2.18. The molecule has 0 saturated heterocycles. The van der Waals surface area contributed by atoms with Crippen LogP contribution in [0.25, 0.3) is 5.57 Å². The SMILES string of the molecule is CC1C=C(CCCCCCOC(C)(C)C)c2ccccc21. The molecule has 0 heterocycles. The fraction of sp³-hybridized carbons (Fsp3) is 0.600. The van der Waals surface area contributed by atoms with Crippen molar-refractivity contribution < 1.29 is 4.74 Å². The van der Waals surface area contributed by atoms with Gasteiger partial charge in [-0.1, -0.05) is 50.1 Å². The van der Waals surface area contributed by atoms with Gasteiger partial charge in [-0.15, -0.1) is 0 Å². The molecule has 0 saturated carbocycles. The third-order valence-corrected chi connectivity index (χ3v) is 4.12. The molecular weight excluding hydrogens is 256 g/mol. The van der Waals surface area contributed by atoms with Gasteiger partial charge in [0.1, 0.15) is 0 Å². The monoisotopic (exact) mass is 286 g/mol. The summed E-state index contributed by atoms with van der Waals surface area (Å²) in [4.78, 5) is 0. The lowest BCUT2D eigenvalue weighted by molar-refractivity contribution is -0.00472. The Kier molecular flexibility index (Phi) is 5.64. The fourth-order valence-corrected chi connectivity index (χ4v) is 3.04. The minimum atomic E-state index is 0.00844. The van der Waals surface area contributed by atoms with Gasteiger partial charge in [-0.2, -0.15) is 0 Å². The van der Waals surface area contributed by atoms with Crippen molar-refractivity contribution in [3.63, 3.8) is 0 Å². The van der Waals surface area contributed by atoms with Crippen LogP contribution in [0.5, 0.6) is 0 Å². The second kappa shape index (κ2) is 7.26. The van der Waals surface area contributed by atoms with Crippen LogP contribution in [0, 0.1) is 0 Å². The van der Waals surface area contributed by atoms with Crippen molar-refractivity contribution in [1.29, 1.82) is 0 Å². The van der Waals surface area contributed by atoms with E-state index in [9.17, 15) is 0 Å². The molecule has 21 heavy (non-hydrogen) atoms. The molecular formula is C20H30O. The van der Waals surface area contributed by atoms with Crippen molar-refractivity contribution in [2.75, 3.05) is 6.61 Å². The van der Waals surface area contributed by atoms with Gasteiger partial charge < -0.3 is 4.74 Å². The smallest absolute Gasteiger partial charge is 0.0598 e. The van der Waals surface area contributed by atoms with Crippen molar-refractivity contribution in [2.45, 2.75) is 71.3 Å². The number of rotatable bonds is 7. The average Bonchev–Trinajstić information content (AvgIpc) is 2.74. The molecule has 1 aromatic carbocycles. The molecule has 0 radical (unpaired) electrons. The number of ether oxygens (including phenoxy) is 1. The molecule has 116 valence electrons. The van der Waals surface area contributed by atoms with Gasteiger partial charge in [0, 0.05) is 12.5 Å². The molecule has 2 rings (SSSR count). The van der Waals surface area contributed by atoms with Gasteiger partial charge in [0.2, 0.25) is 0 Å². The Balaban J connectivity index is 1.65. The van der Waals surface area contributed by atoms with Crippen molar-refractivity contribution in [3.8, 4) is 0 Å². The highest BCUT2D eigenvalue weighted by Crippen LogP contribution is 2.37. The van der Waals surface area contributed by atoms with Crippen molar-refractivity contribution in [1.82, 2.24) is 0 Å². The molecule has 1 aliphatic carbocycles. The first-order chi connectivity index (χ1) is 9.97. The van der Waals surface area contributed by atoms with Crippen LogP contribution in [0.3, 0.4) is 0 Å². The van der Waals surface area contributed by atoms with E-state index in [2.05, 4.69) is 58.0 Å². The fourth-order valence-electron chi connectivity index (χ4n) is 3.04. The number of allylic oxidation sites excluding steroid dienone is 2. The van der Waals surface area contributed by atoms with Gasteiger partial charge in [0.25, 0.3) is 0 Å². The summed E-state index contributed by atoms with van der Waals surface area (Å²) < 4.78 is 5.76. The molecule has 0 fully saturated rings. The molecule has 1 unspecified atom stereocenters. The maximum Gasteiger partial charge on any atom is 0.0598 e. The number of benzene rings is 1. The summed E-state index contributed by atoms with van der Waals surface area (Å²) in [5.41, 5.74) is 4.56. The zero-order chi connectivity index (χ0) is 15.3. The van der Waals surface area contributed by atoms with E-state index in [0.29, 0.717) is 5.92 Å². The molecule has 0 bridgehead atoms. The van der Waals surface area contributed by atoms with Gasteiger partial charge in [-0.25, -0.2) is 0 Å². The average molecular weight is 286 g/mol. The summed E-state index contributed by atoms with van der Waals surface area (Å²) in [5.74, 6) is 0.594. The Labute approximate surface area is 130 Å². The lowest BCUT2D eigenvalue weighted by Crippen LogP contribution is -2.19. The molecule has 0 amide bonds. The molecule has 0 aromatic heterocycles. The Morgan fingerprint density at radius 3 is 2.48 bits per heavy atom. The summed E-state index contributed by atoms with van der Waals surface area (Å²) in [6, 6.07) is 8.87. The topological polar surface area (TPSA) is 9.23 Å². The van der Waals surface area contributed by atoms with E-state index in [0.717, 1.165) is 6.61 Å². The van der Waals surface area contributed by atoms with E-state index in [4.69, 9.17) is 4.74 Å². The molecule has 1 aromatic rings. The quantitative estimate of drug-likeness (QED) is 0.562. The van der Waals surface area contributed by atoms with Crippen LogP contribution in [0.15, 0.2) is 30.3 Å². The summed E-state index contributed by atoms with van der Waals surface area (Å²) in [7, 11) is 0. The second-order valence-electron chi connectivity index (χ2n) is 7.19. The molecule has 0 spiro atoms. The third-order valence-electron chi connectivity index (χ3n) is 4.12. The van der Waals surface area contributed by atoms with Gasteiger partial charge in [0.05, 0.1) is 5.60 Å². The van der Waals surface area contributed by atoms with Crippen molar-refractivity contribution in [3.05, 3.63) is 41.5 Å². The molecule has 1 nitrogen and oxygen atoms in total. The predicted molar refractivity (Wildman–Crippen MR) is 91.6 cm³/mol. The number of hydrogen-bond donors (Lipinski definition) is 0. The minimum Gasteiger partial charge on any atom is -0.376 e. The Hall–Kier alpha value is -1.08. The van der Waals surface area contributed by atoms with Gasteiger partial charge in [0.15, 0.2) is 0 Å². The number of hydrogen-bond acceptors (Lipinski definition) is 1. The standard InChI is InChI=1S/C20H30O/c1-16-15-17(19-13-9-8-12-18(16)19)11-7-5-6-10-14-21-20(2,3)4/h8-9,12-13,15-16H,5-7,10-11,14H2,1-4H3. The van der Waals surface area contributed by atoms with Gasteiger partial charge >= 0.3 is 0 Å². The summed E-state index contributed by atoms with van der Waals surface area (Å²) in [6.07, 6.45) is 8.74. The normalized spacial score (nSPS) is 17.7. The van der Waals surface area contributed by atoms with Crippen LogP contribution < -0.4 is 0 Å². The highest BCUT2D eigenvalue weighted by molar-refractivity contribution is 5.74. The first kappa shape index (κ1) is 16.3. The summed E-state index contributed by atoms with van der Waals surface area (Å²) in [5, 5.41) is 0. The Morgan fingerprint density at radius 1 is 1.00 bits per heavy atom. The van der Waals surface area contributed by atoms with E-state index < -0.39 is 0 Å². The maximum atomic E-state index is 5.76. The molecule has 1 heteroatoms.